The van der Waals surface area contributed by atoms with Gasteiger partial charge in [0.15, 0.2) is 5.75 Å². The molecule has 0 aliphatic rings. The molecular weight excluding hydrogens is 389 g/mol. The molecule has 0 spiro atoms. The van der Waals surface area contributed by atoms with Gasteiger partial charge in [0.25, 0.3) is 0 Å². The van der Waals surface area contributed by atoms with E-state index in [0.717, 1.165) is 6.07 Å². The van der Waals surface area contributed by atoms with Gasteiger partial charge in [-0.3, -0.25) is 4.98 Å². The molecule has 0 bridgehead atoms. The number of anilines is 2. The predicted molar refractivity (Wildman–Crippen MR) is 99.8 cm³/mol. The molecule has 2 aromatic heterocycles. The predicted octanol–water partition coefficient (Wildman–Crippen LogP) is 4.69. The van der Waals surface area contributed by atoms with Crippen LogP contribution in [0.3, 0.4) is 0 Å². The van der Waals surface area contributed by atoms with Gasteiger partial charge in [0.05, 0.1) is 12.8 Å². The van der Waals surface area contributed by atoms with E-state index in [9.17, 15) is 18.0 Å². The Morgan fingerprint density at radius 1 is 1.00 bits per heavy atom. The van der Waals surface area contributed by atoms with E-state index in [1.807, 2.05) is 0 Å². The molecule has 2 N–H and O–H groups in total. The normalized spacial score (nSPS) is 10.9. The molecular formula is C19H15F3N4O3. The van der Waals surface area contributed by atoms with Crippen LogP contribution in [0.25, 0.3) is 11.1 Å². The van der Waals surface area contributed by atoms with Crippen LogP contribution in [0.4, 0.5) is 29.3 Å². The summed E-state index contributed by atoms with van der Waals surface area (Å²) < 4.78 is 47.2. The molecule has 0 radical (unpaired) electrons. The number of carbonyl (C=O) groups excluding carboxylic acids is 1. The number of benzene rings is 1. The third-order valence-corrected chi connectivity index (χ3v) is 3.67. The lowest BCUT2D eigenvalue weighted by Gasteiger charge is -2.16. The number of pyridine rings is 2. The summed E-state index contributed by atoms with van der Waals surface area (Å²) in [6, 6.07) is 9.53. The van der Waals surface area contributed by atoms with E-state index in [1.165, 1.54) is 50.0 Å². The van der Waals surface area contributed by atoms with E-state index < -0.39 is 18.1 Å². The van der Waals surface area contributed by atoms with E-state index in [4.69, 9.17) is 4.74 Å². The minimum Gasteiger partial charge on any atom is -0.481 e. The summed E-state index contributed by atoms with van der Waals surface area (Å²) in [6.07, 6.45) is -0.489. The lowest BCUT2D eigenvalue weighted by molar-refractivity contribution is -0.274. The zero-order valence-electron chi connectivity index (χ0n) is 15.0. The monoisotopic (exact) mass is 404 g/mol. The lowest BCUT2D eigenvalue weighted by Crippen LogP contribution is -2.22. The number of aromatic nitrogens is 2. The smallest absolute Gasteiger partial charge is 0.481 e. The molecule has 3 rings (SSSR count). The number of rotatable bonds is 5. The second-order valence-electron chi connectivity index (χ2n) is 5.66. The first-order chi connectivity index (χ1) is 13.8. The molecule has 0 fully saturated rings. The Morgan fingerprint density at radius 2 is 1.72 bits per heavy atom. The zero-order valence-corrected chi connectivity index (χ0v) is 15.0. The van der Waals surface area contributed by atoms with E-state index in [0.29, 0.717) is 22.7 Å². The number of hydrogen-bond acceptors (Lipinski definition) is 5. The molecule has 10 heteroatoms. The highest BCUT2D eigenvalue weighted by atomic mass is 19.4. The fourth-order valence-electron chi connectivity index (χ4n) is 2.41. The summed E-state index contributed by atoms with van der Waals surface area (Å²) in [5.74, 6) is -0.159. The lowest BCUT2D eigenvalue weighted by atomic mass is 10.1. The summed E-state index contributed by atoms with van der Waals surface area (Å²) in [6.45, 7) is 0. The Kier molecular flexibility index (Phi) is 5.82. The van der Waals surface area contributed by atoms with Crippen molar-refractivity contribution >= 4 is 17.4 Å². The van der Waals surface area contributed by atoms with Crippen LogP contribution in [0.2, 0.25) is 0 Å². The fraction of sp³-hybridized carbons (Fsp3) is 0.105. The van der Waals surface area contributed by atoms with Gasteiger partial charge in [-0.05, 0) is 35.9 Å². The van der Waals surface area contributed by atoms with Gasteiger partial charge in [-0.25, -0.2) is 9.78 Å². The van der Waals surface area contributed by atoms with Crippen LogP contribution in [-0.2, 0) is 0 Å². The van der Waals surface area contributed by atoms with E-state index >= 15 is 0 Å². The van der Waals surface area contributed by atoms with Gasteiger partial charge >= 0.3 is 12.4 Å². The summed E-state index contributed by atoms with van der Waals surface area (Å²) in [5, 5.41) is 4.87. The molecule has 0 aliphatic carbocycles. The van der Waals surface area contributed by atoms with Gasteiger partial charge in [-0.1, -0.05) is 6.07 Å². The second-order valence-corrected chi connectivity index (χ2v) is 5.66. The molecule has 29 heavy (non-hydrogen) atoms. The number of hydrogen-bond donors (Lipinski definition) is 2. The van der Waals surface area contributed by atoms with Crippen molar-refractivity contribution in [2.45, 2.75) is 6.36 Å². The minimum absolute atomic E-state index is 0.165. The van der Waals surface area contributed by atoms with Crippen molar-refractivity contribution < 1.29 is 27.4 Å². The molecule has 0 atom stereocenters. The summed E-state index contributed by atoms with van der Waals surface area (Å²) in [7, 11) is 1.47. The standard InChI is InChI=1S/C19H15F3N4O3/c1-28-17-5-3-13(11-24-17)12-2-4-16(29-19(20,21)22)15(10-12)26-18(27)25-14-6-8-23-9-7-14/h2-11H,1H3,(H2,23,25,26,27). The number of nitrogens with one attached hydrogen (secondary N) is 2. The maximum Gasteiger partial charge on any atom is 0.573 e. The Hall–Kier alpha value is -3.82. The zero-order chi connectivity index (χ0) is 20.9. The van der Waals surface area contributed by atoms with Gasteiger partial charge in [0.2, 0.25) is 5.88 Å². The quantitative estimate of drug-likeness (QED) is 0.644. The number of urea groups is 1. The van der Waals surface area contributed by atoms with Crippen LogP contribution in [0, 0.1) is 0 Å². The molecule has 0 saturated carbocycles. The third kappa shape index (κ3) is 5.58. The van der Waals surface area contributed by atoms with Crippen molar-refractivity contribution in [2.24, 2.45) is 0 Å². The third-order valence-electron chi connectivity index (χ3n) is 3.67. The van der Waals surface area contributed by atoms with Crippen LogP contribution in [0.15, 0.2) is 61.1 Å². The molecule has 1 aromatic carbocycles. The van der Waals surface area contributed by atoms with E-state index in [2.05, 4.69) is 25.3 Å². The first-order valence-electron chi connectivity index (χ1n) is 8.22. The maximum absolute atomic E-state index is 12.7. The van der Waals surface area contributed by atoms with Gasteiger partial charge < -0.3 is 20.1 Å². The largest absolute Gasteiger partial charge is 0.573 e. The van der Waals surface area contributed by atoms with E-state index in [1.54, 1.807) is 12.1 Å². The van der Waals surface area contributed by atoms with Crippen LogP contribution in [0.1, 0.15) is 0 Å². The number of halogens is 3. The SMILES string of the molecule is COc1ccc(-c2ccc(OC(F)(F)F)c(NC(=O)Nc3ccncc3)c2)cn1. The molecule has 150 valence electrons. The van der Waals surface area contributed by atoms with Crippen molar-refractivity contribution in [2.75, 3.05) is 17.7 Å². The van der Waals surface area contributed by atoms with Crippen LogP contribution < -0.4 is 20.1 Å². The molecule has 0 aliphatic heterocycles. The topological polar surface area (TPSA) is 85.4 Å². The molecule has 2 amide bonds. The Morgan fingerprint density at radius 3 is 2.34 bits per heavy atom. The van der Waals surface area contributed by atoms with Crippen LogP contribution >= 0.6 is 0 Å². The van der Waals surface area contributed by atoms with Crippen molar-refractivity contribution in [3.8, 4) is 22.8 Å². The highest BCUT2D eigenvalue weighted by Gasteiger charge is 2.32. The Bertz CT molecular complexity index is 980. The Balaban J connectivity index is 1.88. The van der Waals surface area contributed by atoms with Gasteiger partial charge in [0, 0.05) is 35.9 Å². The highest BCUT2D eigenvalue weighted by molar-refractivity contribution is 6.01. The second kappa shape index (κ2) is 8.46. The number of alkyl halides is 3. The van der Waals surface area contributed by atoms with Gasteiger partial charge in [0.1, 0.15) is 0 Å². The molecule has 3 aromatic rings. The number of methoxy groups -OCH3 is 1. The summed E-state index contributed by atoms with van der Waals surface area (Å²) in [5.41, 5.74) is 1.39. The maximum atomic E-state index is 12.7. The number of nitrogens with zero attached hydrogens (tertiary/aromatic N) is 2. The van der Waals surface area contributed by atoms with Crippen LogP contribution in [-0.4, -0.2) is 29.5 Å². The van der Waals surface area contributed by atoms with Crippen molar-refractivity contribution in [1.29, 1.82) is 0 Å². The van der Waals surface area contributed by atoms with Crippen molar-refractivity contribution in [3.63, 3.8) is 0 Å². The highest BCUT2D eigenvalue weighted by Crippen LogP contribution is 2.34. The average Bonchev–Trinajstić information content (AvgIpc) is 2.69. The summed E-state index contributed by atoms with van der Waals surface area (Å²) >= 11 is 0. The van der Waals surface area contributed by atoms with Gasteiger partial charge in [-0.2, -0.15) is 0 Å². The van der Waals surface area contributed by atoms with Crippen molar-refractivity contribution in [3.05, 3.63) is 61.1 Å². The number of ether oxygens (including phenoxy) is 2. The minimum atomic E-state index is -4.92. The first kappa shape index (κ1) is 19.9. The van der Waals surface area contributed by atoms with Crippen LogP contribution in [0.5, 0.6) is 11.6 Å². The molecule has 7 nitrogen and oxygen atoms in total. The van der Waals surface area contributed by atoms with Crippen molar-refractivity contribution in [1.82, 2.24) is 9.97 Å². The molecule has 0 unspecified atom stereocenters. The van der Waals surface area contributed by atoms with E-state index in [-0.39, 0.29) is 5.69 Å². The number of amides is 2. The first-order valence-corrected chi connectivity index (χ1v) is 8.22. The average molecular weight is 404 g/mol. The molecule has 2 heterocycles. The Labute approximate surface area is 163 Å². The molecule has 0 saturated heterocycles. The van der Waals surface area contributed by atoms with Gasteiger partial charge in [-0.15, -0.1) is 13.2 Å². The summed E-state index contributed by atoms with van der Waals surface area (Å²) in [4.78, 5) is 20.1. The number of carbonyl (C=O) groups is 1. The fourth-order valence-corrected chi connectivity index (χ4v) is 2.41.